The highest BCUT2D eigenvalue weighted by Gasteiger charge is 2.44. The Kier molecular flexibility index (Phi) is 7.86. The number of aryl methyl sites for hydroxylation is 1. The topological polar surface area (TPSA) is 114 Å². The quantitative estimate of drug-likeness (QED) is 0.273. The van der Waals surface area contributed by atoms with E-state index in [1.807, 2.05) is 17.7 Å². The fourth-order valence-corrected chi connectivity index (χ4v) is 7.66. The van der Waals surface area contributed by atoms with Crippen LogP contribution in [0.15, 0.2) is 30.6 Å². The molecule has 9 nitrogen and oxygen atoms in total. The summed E-state index contributed by atoms with van der Waals surface area (Å²) >= 11 is 0. The van der Waals surface area contributed by atoms with Gasteiger partial charge in [-0.3, -0.25) is 9.69 Å². The molecule has 0 bridgehead atoms. The van der Waals surface area contributed by atoms with Crippen LogP contribution in [0.1, 0.15) is 110 Å². The molecule has 46 heavy (non-hydrogen) atoms. The van der Waals surface area contributed by atoms with Crippen LogP contribution < -0.4 is 21.3 Å². The number of benzene rings is 1. The summed E-state index contributed by atoms with van der Waals surface area (Å²) in [5.74, 6) is 1.42. The summed E-state index contributed by atoms with van der Waals surface area (Å²) in [6, 6.07) is 7.19. The van der Waals surface area contributed by atoms with E-state index in [2.05, 4.69) is 33.8 Å². The van der Waals surface area contributed by atoms with Crippen molar-refractivity contribution in [3.05, 3.63) is 64.2 Å². The molecular weight excluding hydrogens is 593 g/mol. The number of carbonyl (C=O) groups excluding carboxylic acids is 1. The normalized spacial score (nSPS) is 23.5. The average Bonchev–Trinajstić information content (AvgIpc) is 3.54. The predicted octanol–water partition coefficient (Wildman–Crippen LogP) is 5.77. The molecule has 0 saturated heterocycles. The number of fused-ring (bicyclic) bond motifs is 1. The maximum absolute atomic E-state index is 14.5. The molecule has 0 unspecified atom stereocenters. The smallest absolute Gasteiger partial charge is 0.367 e. The molecule has 0 atom stereocenters. The number of halogens is 3. The maximum Gasteiger partial charge on any atom is 0.416 e. The van der Waals surface area contributed by atoms with E-state index in [0.717, 1.165) is 75.6 Å². The third-order valence-corrected chi connectivity index (χ3v) is 11.0. The van der Waals surface area contributed by atoms with E-state index < -0.39 is 17.6 Å². The summed E-state index contributed by atoms with van der Waals surface area (Å²) in [5.41, 5.74) is 6.69. The van der Waals surface area contributed by atoms with E-state index >= 15 is 0 Å². The number of pyridine rings is 1. The van der Waals surface area contributed by atoms with Crippen LogP contribution >= 0.6 is 0 Å². The summed E-state index contributed by atoms with van der Waals surface area (Å²) in [7, 11) is 1.93. The molecule has 1 aromatic carbocycles. The Morgan fingerprint density at radius 1 is 1.04 bits per heavy atom. The summed E-state index contributed by atoms with van der Waals surface area (Å²) in [6.07, 6.45) is 7.41. The van der Waals surface area contributed by atoms with Crippen molar-refractivity contribution in [2.45, 2.75) is 120 Å². The van der Waals surface area contributed by atoms with Crippen molar-refractivity contribution < 1.29 is 18.0 Å². The van der Waals surface area contributed by atoms with Crippen molar-refractivity contribution in [2.24, 2.45) is 12.8 Å². The average molecular weight is 637 g/mol. The van der Waals surface area contributed by atoms with Crippen LogP contribution in [0.25, 0.3) is 0 Å². The number of hydrogen-bond donors (Lipinski definition) is 3. The van der Waals surface area contributed by atoms with Gasteiger partial charge in [-0.25, -0.2) is 4.98 Å². The Labute approximate surface area is 267 Å². The number of anilines is 2. The molecule has 3 fully saturated rings. The lowest BCUT2D eigenvalue weighted by Crippen LogP contribution is -2.47. The molecule has 4 aliphatic rings. The first kappa shape index (κ1) is 31.1. The van der Waals surface area contributed by atoms with Gasteiger partial charge in [-0.2, -0.15) is 13.2 Å². The van der Waals surface area contributed by atoms with Crippen molar-refractivity contribution in [3.63, 3.8) is 0 Å². The molecule has 3 heterocycles. The first-order valence-electron chi connectivity index (χ1n) is 16.6. The van der Waals surface area contributed by atoms with Gasteiger partial charge in [0, 0.05) is 48.6 Å². The highest BCUT2D eigenvalue weighted by molar-refractivity contribution is 6.10. The molecule has 246 valence electrons. The Bertz CT molecular complexity index is 1620. The molecule has 3 saturated carbocycles. The zero-order chi connectivity index (χ0) is 32.3. The third kappa shape index (κ3) is 5.90. The number of nitrogens with two attached hydrogens (primary N) is 1. The fraction of sp³-hybridized carbons (Fsp3) is 0.588. The van der Waals surface area contributed by atoms with E-state index in [0.29, 0.717) is 23.6 Å². The second-order valence-electron chi connectivity index (χ2n) is 14.4. The first-order valence-corrected chi connectivity index (χ1v) is 16.6. The SMILES string of the molecule is Cn1cnnc1CC1(c2cc(NC3CCC(N)CC3)nc(N3Cc4c(cc(CNC5(C)CCC5)cc4C(F)(F)F)C3=O)c2)CCC1. The molecule has 0 radical (unpaired) electrons. The molecule has 3 aliphatic carbocycles. The Hall–Kier alpha value is -3.51. The van der Waals surface area contributed by atoms with Crippen LogP contribution in [0.3, 0.4) is 0 Å². The summed E-state index contributed by atoms with van der Waals surface area (Å²) < 4.78 is 45.3. The highest BCUT2D eigenvalue weighted by Crippen LogP contribution is 2.48. The Balaban J connectivity index is 1.24. The lowest BCUT2D eigenvalue weighted by Gasteiger charge is -2.43. The number of alkyl halides is 3. The molecule has 3 aromatic rings. The van der Waals surface area contributed by atoms with Crippen LogP contribution in [-0.2, 0) is 38.1 Å². The van der Waals surface area contributed by atoms with Gasteiger partial charge >= 0.3 is 6.18 Å². The summed E-state index contributed by atoms with van der Waals surface area (Å²) in [5, 5.41) is 15.4. The number of amides is 1. The monoisotopic (exact) mass is 636 g/mol. The third-order valence-electron chi connectivity index (χ3n) is 11.0. The van der Waals surface area contributed by atoms with Gasteiger partial charge in [-0.1, -0.05) is 6.42 Å². The van der Waals surface area contributed by atoms with Crippen LogP contribution in [0, 0.1) is 0 Å². The van der Waals surface area contributed by atoms with Gasteiger partial charge in [-0.05, 0) is 106 Å². The minimum absolute atomic E-state index is 0.0107. The predicted molar refractivity (Wildman–Crippen MR) is 169 cm³/mol. The zero-order valence-electron chi connectivity index (χ0n) is 26.6. The molecule has 1 amide bonds. The number of aromatic nitrogens is 4. The van der Waals surface area contributed by atoms with E-state index in [4.69, 9.17) is 10.7 Å². The summed E-state index contributed by atoms with van der Waals surface area (Å²) in [4.78, 5) is 20.3. The molecule has 1 aliphatic heterocycles. The summed E-state index contributed by atoms with van der Waals surface area (Å²) in [6.45, 7) is 2.18. The van der Waals surface area contributed by atoms with E-state index in [9.17, 15) is 18.0 Å². The van der Waals surface area contributed by atoms with Crippen molar-refractivity contribution in [2.75, 3.05) is 10.2 Å². The first-order chi connectivity index (χ1) is 21.9. The minimum atomic E-state index is -4.59. The molecule has 0 spiro atoms. The van der Waals surface area contributed by atoms with Gasteiger partial charge in [-0.15, -0.1) is 10.2 Å². The van der Waals surface area contributed by atoms with Crippen molar-refractivity contribution in [1.82, 2.24) is 25.1 Å². The highest BCUT2D eigenvalue weighted by atomic mass is 19.4. The number of nitrogens with one attached hydrogen (secondary N) is 2. The molecule has 4 N–H and O–H groups in total. The number of nitrogens with zero attached hydrogens (tertiary/aromatic N) is 5. The van der Waals surface area contributed by atoms with Crippen LogP contribution in [0.2, 0.25) is 0 Å². The lowest BCUT2D eigenvalue weighted by atomic mass is 9.62. The van der Waals surface area contributed by atoms with E-state index in [1.54, 1.807) is 12.4 Å². The molecular formula is C34H43F3N8O. The standard InChI is InChI=1S/C34H43F3N8O/c1-32(9-3-10-32)39-18-21-13-25-26(27(14-21)34(35,36)37)19-45(31(25)46)29-16-22(15-28(42-29)41-24-7-5-23(38)6-8-24)33(11-4-12-33)17-30-43-40-20-44(30)2/h13-16,20,23-24,39H,3-12,17-19,38H2,1-2H3,(H,41,42). The second-order valence-corrected chi connectivity index (χ2v) is 14.4. The largest absolute Gasteiger partial charge is 0.416 e. The molecule has 2 aromatic heterocycles. The second kappa shape index (κ2) is 11.6. The van der Waals surface area contributed by atoms with Crippen LogP contribution in [0.5, 0.6) is 0 Å². The van der Waals surface area contributed by atoms with Crippen molar-refractivity contribution >= 4 is 17.5 Å². The van der Waals surface area contributed by atoms with Crippen LogP contribution in [0.4, 0.5) is 24.8 Å². The number of rotatable bonds is 9. The minimum Gasteiger partial charge on any atom is -0.367 e. The number of carbonyl (C=O) groups is 1. The van der Waals surface area contributed by atoms with Crippen LogP contribution in [-0.4, -0.2) is 43.3 Å². The molecule has 7 rings (SSSR count). The fourth-order valence-electron chi connectivity index (χ4n) is 7.66. The van der Waals surface area contributed by atoms with Gasteiger partial charge in [0.1, 0.15) is 23.8 Å². The van der Waals surface area contributed by atoms with E-state index in [1.165, 1.54) is 11.0 Å². The van der Waals surface area contributed by atoms with Gasteiger partial charge in [0.2, 0.25) is 0 Å². The van der Waals surface area contributed by atoms with Gasteiger partial charge in [0.15, 0.2) is 0 Å². The van der Waals surface area contributed by atoms with Gasteiger partial charge in [0.25, 0.3) is 5.91 Å². The lowest BCUT2D eigenvalue weighted by molar-refractivity contribution is -0.138. The Morgan fingerprint density at radius 3 is 2.39 bits per heavy atom. The van der Waals surface area contributed by atoms with Crippen molar-refractivity contribution in [1.29, 1.82) is 0 Å². The van der Waals surface area contributed by atoms with E-state index in [-0.39, 0.29) is 47.3 Å². The number of hydrogen-bond acceptors (Lipinski definition) is 7. The zero-order valence-corrected chi connectivity index (χ0v) is 26.6. The van der Waals surface area contributed by atoms with Gasteiger partial charge < -0.3 is 20.9 Å². The van der Waals surface area contributed by atoms with Crippen molar-refractivity contribution in [3.8, 4) is 0 Å². The maximum atomic E-state index is 14.5. The molecule has 12 heteroatoms. The van der Waals surface area contributed by atoms with Gasteiger partial charge in [0.05, 0.1) is 12.1 Å². The Morgan fingerprint density at radius 2 is 1.78 bits per heavy atom.